The summed E-state index contributed by atoms with van der Waals surface area (Å²) in [5.74, 6) is -0.0129. The fourth-order valence-corrected chi connectivity index (χ4v) is 1.76. The van der Waals surface area contributed by atoms with Crippen LogP contribution in [0.1, 0.15) is 10.4 Å². The normalized spacial score (nSPS) is 9.56. The van der Waals surface area contributed by atoms with E-state index in [1.54, 1.807) is 23.1 Å². The van der Waals surface area contributed by atoms with Crippen LogP contribution < -0.4 is 0 Å². The summed E-state index contributed by atoms with van der Waals surface area (Å²) in [5, 5.41) is 0. The van der Waals surface area contributed by atoms with Gasteiger partial charge in [0.2, 0.25) is 0 Å². The molecule has 16 heavy (non-hydrogen) atoms. The number of carbonyl (C=O) groups excluding carboxylic acids is 1. The first kappa shape index (κ1) is 12.7. The third kappa shape index (κ3) is 3.35. The zero-order valence-electron chi connectivity index (χ0n) is 9.03. The van der Waals surface area contributed by atoms with Crippen molar-refractivity contribution in [2.24, 2.45) is 0 Å². The minimum atomic E-state index is -0.0129. The second-order valence-electron chi connectivity index (χ2n) is 3.30. The Hall–Kier alpha value is -1.35. The van der Waals surface area contributed by atoms with Crippen molar-refractivity contribution in [2.75, 3.05) is 13.1 Å². The average Bonchev–Trinajstić information content (AvgIpc) is 2.28. The number of nitrogens with zero attached hydrogens (tertiary/aromatic N) is 1. The molecule has 1 aromatic rings. The topological polar surface area (TPSA) is 20.3 Å². The third-order valence-corrected chi connectivity index (χ3v) is 2.55. The SMILES string of the molecule is C=CCN(CC=C)C(=O)c1cccc(Br)c1. The van der Waals surface area contributed by atoms with E-state index in [0.717, 1.165) is 4.47 Å². The summed E-state index contributed by atoms with van der Waals surface area (Å²) in [5.41, 5.74) is 0.665. The van der Waals surface area contributed by atoms with Gasteiger partial charge in [0, 0.05) is 23.1 Å². The van der Waals surface area contributed by atoms with E-state index in [1.807, 2.05) is 18.2 Å². The molecule has 0 N–H and O–H groups in total. The van der Waals surface area contributed by atoms with E-state index in [1.165, 1.54) is 0 Å². The van der Waals surface area contributed by atoms with Gasteiger partial charge in [-0.15, -0.1) is 13.2 Å². The molecule has 0 unspecified atom stereocenters. The Balaban J connectivity index is 2.89. The first-order chi connectivity index (χ1) is 7.69. The summed E-state index contributed by atoms with van der Waals surface area (Å²) >= 11 is 3.35. The number of rotatable bonds is 5. The second-order valence-corrected chi connectivity index (χ2v) is 4.21. The number of hydrogen-bond donors (Lipinski definition) is 0. The van der Waals surface area contributed by atoms with Crippen LogP contribution in [0.2, 0.25) is 0 Å². The van der Waals surface area contributed by atoms with Gasteiger partial charge in [-0.25, -0.2) is 0 Å². The summed E-state index contributed by atoms with van der Waals surface area (Å²) in [4.78, 5) is 13.8. The van der Waals surface area contributed by atoms with Crippen molar-refractivity contribution in [1.29, 1.82) is 0 Å². The number of carbonyl (C=O) groups is 1. The molecule has 2 nitrogen and oxygen atoms in total. The lowest BCUT2D eigenvalue weighted by molar-refractivity contribution is 0.0791. The smallest absolute Gasteiger partial charge is 0.254 e. The molecule has 0 aliphatic heterocycles. The lowest BCUT2D eigenvalue weighted by Crippen LogP contribution is -2.31. The fourth-order valence-electron chi connectivity index (χ4n) is 1.36. The summed E-state index contributed by atoms with van der Waals surface area (Å²) < 4.78 is 0.899. The van der Waals surface area contributed by atoms with Crippen LogP contribution in [0.4, 0.5) is 0 Å². The van der Waals surface area contributed by atoms with Crippen molar-refractivity contribution in [3.63, 3.8) is 0 Å². The Morgan fingerprint density at radius 2 is 1.94 bits per heavy atom. The van der Waals surface area contributed by atoms with Gasteiger partial charge in [0.1, 0.15) is 0 Å². The molecule has 0 saturated carbocycles. The molecule has 0 radical (unpaired) electrons. The first-order valence-corrected chi connectivity index (χ1v) is 5.75. The van der Waals surface area contributed by atoms with E-state index in [0.29, 0.717) is 18.7 Å². The Morgan fingerprint density at radius 3 is 2.44 bits per heavy atom. The largest absolute Gasteiger partial charge is 0.331 e. The fraction of sp³-hybridized carbons (Fsp3) is 0.154. The molecule has 84 valence electrons. The number of benzene rings is 1. The highest BCUT2D eigenvalue weighted by Gasteiger charge is 2.12. The van der Waals surface area contributed by atoms with Crippen LogP contribution in [0.15, 0.2) is 54.0 Å². The van der Waals surface area contributed by atoms with Crippen LogP contribution in [0.25, 0.3) is 0 Å². The third-order valence-electron chi connectivity index (χ3n) is 2.06. The summed E-state index contributed by atoms with van der Waals surface area (Å²) in [6, 6.07) is 7.34. The van der Waals surface area contributed by atoms with Gasteiger partial charge >= 0.3 is 0 Å². The van der Waals surface area contributed by atoms with E-state index in [2.05, 4.69) is 29.1 Å². The lowest BCUT2D eigenvalue weighted by Gasteiger charge is -2.19. The van der Waals surface area contributed by atoms with Crippen LogP contribution in [0.3, 0.4) is 0 Å². The van der Waals surface area contributed by atoms with Gasteiger partial charge < -0.3 is 4.90 Å². The molecule has 1 amide bonds. The predicted molar refractivity (Wildman–Crippen MR) is 70.4 cm³/mol. The van der Waals surface area contributed by atoms with Crippen molar-refractivity contribution >= 4 is 21.8 Å². The van der Waals surface area contributed by atoms with Gasteiger partial charge in [-0.05, 0) is 18.2 Å². The summed E-state index contributed by atoms with van der Waals surface area (Å²) in [6.45, 7) is 8.33. The Morgan fingerprint density at radius 1 is 1.31 bits per heavy atom. The molecule has 0 aromatic heterocycles. The molecule has 1 aromatic carbocycles. The maximum absolute atomic E-state index is 12.1. The maximum Gasteiger partial charge on any atom is 0.254 e. The van der Waals surface area contributed by atoms with Gasteiger partial charge in [-0.3, -0.25) is 4.79 Å². The summed E-state index contributed by atoms with van der Waals surface area (Å²) in [7, 11) is 0. The zero-order valence-corrected chi connectivity index (χ0v) is 10.6. The van der Waals surface area contributed by atoms with Crippen LogP contribution in [0.5, 0.6) is 0 Å². The molecule has 0 heterocycles. The molecule has 3 heteroatoms. The van der Waals surface area contributed by atoms with Gasteiger partial charge in [-0.2, -0.15) is 0 Å². The molecular formula is C13H14BrNO. The van der Waals surface area contributed by atoms with Gasteiger partial charge in [-0.1, -0.05) is 34.1 Å². The molecule has 0 aliphatic rings. The van der Waals surface area contributed by atoms with Crippen molar-refractivity contribution in [3.05, 3.63) is 59.6 Å². The van der Waals surface area contributed by atoms with Crippen molar-refractivity contribution in [1.82, 2.24) is 4.90 Å². The zero-order chi connectivity index (χ0) is 12.0. The van der Waals surface area contributed by atoms with E-state index < -0.39 is 0 Å². The second kappa shape index (κ2) is 6.28. The molecule has 0 aliphatic carbocycles. The molecule has 0 fully saturated rings. The van der Waals surface area contributed by atoms with Gasteiger partial charge in [0.25, 0.3) is 5.91 Å². The Labute approximate surface area is 104 Å². The van der Waals surface area contributed by atoms with Crippen LogP contribution in [-0.2, 0) is 0 Å². The minimum absolute atomic E-state index is 0.0129. The van der Waals surface area contributed by atoms with Gasteiger partial charge in [0.05, 0.1) is 0 Å². The highest BCUT2D eigenvalue weighted by atomic mass is 79.9. The Kier molecular flexibility index (Phi) is 4.99. The minimum Gasteiger partial charge on any atom is -0.331 e. The number of amides is 1. The highest BCUT2D eigenvalue weighted by molar-refractivity contribution is 9.10. The van der Waals surface area contributed by atoms with E-state index >= 15 is 0 Å². The number of hydrogen-bond acceptors (Lipinski definition) is 1. The quantitative estimate of drug-likeness (QED) is 0.758. The molecule has 0 atom stereocenters. The van der Waals surface area contributed by atoms with E-state index in [4.69, 9.17) is 0 Å². The maximum atomic E-state index is 12.1. The van der Waals surface area contributed by atoms with Crippen LogP contribution >= 0.6 is 15.9 Å². The number of halogens is 1. The predicted octanol–water partition coefficient (Wildman–Crippen LogP) is 3.26. The molecule has 0 bridgehead atoms. The van der Waals surface area contributed by atoms with Crippen molar-refractivity contribution in [2.45, 2.75) is 0 Å². The molecule has 0 saturated heterocycles. The monoisotopic (exact) mass is 279 g/mol. The highest BCUT2D eigenvalue weighted by Crippen LogP contribution is 2.13. The first-order valence-electron chi connectivity index (χ1n) is 4.95. The van der Waals surface area contributed by atoms with E-state index in [9.17, 15) is 4.79 Å². The average molecular weight is 280 g/mol. The van der Waals surface area contributed by atoms with Gasteiger partial charge in [0.15, 0.2) is 0 Å². The Bertz CT molecular complexity index is 391. The standard InChI is InChI=1S/C13H14BrNO/c1-3-8-15(9-4-2)13(16)11-6-5-7-12(14)10-11/h3-7,10H,1-2,8-9H2. The van der Waals surface area contributed by atoms with Crippen LogP contribution in [-0.4, -0.2) is 23.9 Å². The lowest BCUT2D eigenvalue weighted by atomic mass is 10.2. The molecule has 1 rings (SSSR count). The molecular weight excluding hydrogens is 266 g/mol. The van der Waals surface area contributed by atoms with Crippen molar-refractivity contribution < 1.29 is 4.79 Å². The van der Waals surface area contributed by atoms with Crippen LogP contribution in [0, 0.1) is 0 Å². The van der Waals surface area contributed by atoms with Crippen molar-refractivity contribution in [3.8, 4) is 0 Å². The molecule has 0 spiro atoms. The summed E-state index contributed by atoms with van der Waals surface area (Å²) in [6.07, 6.45) is 3.42. The van der Waals surface area contributed by atoms with E-state index in [-0.39, 0.29) is 5.91 Å².